The third-order valence-electron chi connectivity index (χ3n) is 3.68. The molecule has 4 nitrogen and oxygen atoms in total. The molecule has 0 bridgehead atoms. The lowest BCUT2D eigenvalue weighted by Gasteiger charge is -2.20. The van der Waals surface area contributed by atoms with Crippen LogP contribution in [-0.4, -0.2) is 36.4 Å². The maximum atomic E-state index is 11.7. The molecule has 1 heterocycles. The van der Waals surface area contributed by atoms with Crippen molar-refractivity contribution in [3.8, 4) is 0 Å². The van der Waals surface area contributed by atoms with Crippen LogP contribution in [0.15, 0.2) is 0 Å². The Kier molecular flexibility index (Phi) is 4.18. The zero-order valence-corrected chi connectivity index (χ0v) is 9.65. The van der Waals surface area contributed by atoms with E-state index in [2.05, 4.69) is 5.32 Å². The van der Waals surface area contributed by atoms with Gasteiger partial charge >= 0.3 is 0 Å². The maximum absolute atomic E-state index is 11.7. The number of carbonyl (C=O) groups excluding carboxylic acids is 1. The van der Waals surface area contributed by atoms with Crippen LogP contribution >= 0.6 is 0 Å². The van der Waals surface area contributed by atoms with E-state index in [4.69, 9.17) is 9.84 Å². The average Bonchev–Trinajstić information content (AvgIpc) is 2.88. The van der Waals surface area contributed by atoms with E-state index in [1.807, 2.05) is 0 Å². The second-order valence-electron chi connectivity index (χ2n) is 4.89. The van der Waals surface area contributed by atoms with Gasteiger partial charge in [-0.15, -0.1) is 0 Å². The van der Waals surface area contributed by atoms with Crippen molar-refractivity contribution in [1.29, 1.82) is 0 Å². The molecule has 0 aromatic carbocycles. The highest BCUT2D eigenvalue weighted by Gasteiger charge is 2.28. The van der Waals surface area contributed by atoms with Crippen molar-refractivity contribution in [2.24, 2.45) is 5.92 Å². The zero-order valence-electron chi connectivity index (χ0n) is 9.65. The summed E-state index contributed by atoms with van der Waals surface area (Å²) in [5.41, 5.74) is 0. The topological polar surface area (TPSA) is 58.6 Å². The van der Waals surface area contributed by atoms with E-state index in [0.29, 0.717) is 6.42 Å². The minimum Gasteiger partial charge on any atom is -0.396 e. The van der Waals surface area contributed by atoms with Gasteiger partial charge in [0.25, 0.3) is 0 Å². The average molecular weight is 227 g/mol. The number of aliphatic hydroxyl groups excluding tert-OH is 1. The van der Waals surface area contributed by atoms with Crippen LogP contribution in [0.25, 0.3) is 0 Å². The number of hydrogen-bond acceptors (Lipinski definition) is 3. The Morgan fingerprint density at radius 3 is 2.88 bits per heavy atom. The highest BCUT2D eigenvalue weighted by atomic mass is 16.5. The molecule has 2 aliphatic rings. The fourth-order valence-electron chi connectivity index (χ4n) is 2.72. The number of carbonyl (C=O) groups is 1. The summed E-state index contributed by atoms with van der Waals surface area (Å²) in [6.07, 6.45) is 5.81. The largest absolute Gasteiger partial charge is 0.396 e. The zero-order chi connectivity index (χ0) is 11.4. The number of nitrogens with one attached hydrogen (secondary N) is 1. The summed E-state index contributed by atoms with van der Waals surface area (Å²) in [6, 6.07) is 0.180. The van der Waals surface area contributed by atoms with Crippen molar-refractivity contribution < 1.29 is 14.6 Å². The van der Waals surface area contributed by atoms with Crippen molar-refractivity contribution in [2.75, 3.05) is 13.2 Å². The summed E-state index contributed by atoms with van der Waals surface area (Å²) in [7, 11) is 0. The van der Waals surface area contributed by atoms with Crippen LogP contribution in [0, 0.1) is 5.92 Å². The van der Waals surface area contributed by atoms with Gasteiger partial charge in [0, 0.05) is 25.2 Å². The van der Waals surface area contributed by atoms with Crippen LogP contribution in [0.5, 0.6) is 0 Å². The van der Waals surface area contributed by atoms with Crippen LogP contribution in [0.2, 0.25) is 0 Å². The van der Waals surface area contributed by atoms with Gasteiger partial charge in [-0.3, -0.25) is 4.79 Å². The van der Waals surface area contributed by atoms with Gasteiger partial charge in [0.05, 0.1) is 12.5 Å². The molecule has 1 saturated carbocycles. The Hall–Kier alpha value is -0.610. The molecule has 0 spiro atoms. The fraction of sp³-hybridized carbons (Fsp3) is 0.917. The third-order valence-corrected chi connectivity index (χ3v) is 3.68. The Labute approximate surface area is 96.4 Å². The summed E-state index contributed by atoms with van der Waals surface area (Å²) in [5.74, 6) is 0.339. The van der Waals surface area contributed by atoms with E-state index in [0.717, 1.165) is 38.7 Å². The lowest BCUT2D eigenvalue weighted by molar-refractivity contribution is -0.124. The van der Waals surface area contributed by atoms with Crippen LogP contribution in [0.3, 0.4) is 0 Å². The molecule has 2 fully saturated rings. The highest BCUT2D eigenvalue weighted by Crippen LogP contribution is 2.25. The summed E-state index contributed by atoms with van der Waals surface area (Å²) in [6.45, 7) is 0.978. The van der Waals surface area contributed by atoms with Gasteiger partial charge < -0.3 is 15.2 Å². The minimum atomic E-state index is 0.0808. The summed E-state index contributed by atoms with van der Waals surface area (Å²) < 4.78 is 5.43. The Morgan fingerprint density at radius 2 is 2.19 bits per heavy atom. The predicted octanol–water partition coefficient (Wildman–Crippen LogP) is 0.833. The summed E-state index contributed by atoms with van der Waals surface area (Å²) in [4.78, 5) is 11.7. The van der Waals surface area contributed by atoms with Gasteiger partial charge in [0.2, 0.25) is 5.91 Å². The van der Waals surface area contributed by atoms with Gasteiger partial charge in [-0.05, 0) is 25.7 Å². The molecule has 1 amide bonds. The van der Waals surface area contributed by atoms with Gasteiger partial charge in [-0.1, -0.05) is 6.42 Å². The van der Waals surface area contributed by atoms with Crippen molar-refractivity contribution >= 4 is 5.91 Å². The first kappa shape index (κ1) is 11.9. The molecule has 4 heteroatoms. The second-order valence-corrected chi connectivity index (χ2v) is 4.89. The van der Waals surface area contributed by atoms with Gasteiger partial charge in [0.15, 0.2) is 0 Å². The molecule has 3 unspecified atom stereocenters. The minimum absolute atomic E-state index is 0.0808. The summed E-state index contributed by atoms with van der Waals surface area (Å²) in [5, 5.41) is 12.2. The van der Waals surface area contributed by atoms with E-state index in [-0.39, 0.29) is 30.6 Å². The molecule has 0 aromatic heterocycles. The first-order valence-corrected chi connectivity index (χ1v) is 6.31. The Morgan fingerprint density at radius 1 is 1.31 bits per heavy atom. The molecule has 0 aromatic rings. The number of aliphatic hydroxyl groups is 1. The molecule has 16 heavy (non-hydrogen) atoms. The molecule has 1 aliphatic carbocycles. The molecule has 2 N–H and O–H groups in total. The molecule has 1 aliphatic heterocycles. The van der Waals surface area contributed by atoms with Crippen molar-refractivity contribution in [3.05, 3.63) is 0 Å². The van der Waals surface area contributed by atoms with Gasteiger partial charge in [-0.2, -0.15) is 0 Å². The van der Waals surface area contributed by atoms with E-state index in [1.54, 1.807) is 0 Å². The van der Waals surface area contributed by atoms with Crippen LogP contribution in [-0.2, 0) is 9.53 Å². The molecule has 1 saturated heterocycles. The molecular weight excluding hydrogens is 206 g/mol. The second kappa shape index (κ2) is 5.64. The SMILES string of the molecule is O=C(CC1CCCO1)NC1CCCC1CO. The smallest absolute Gasteiger partial charge is 0.222 e. The van der Waals surface area contributed by atoms with Crippen molar-refractivity contribution in [1.82, 2.24) is 5.32 Å². The lowest BCUT2D eigenvalue weighted by Crippen LogP contribution is -2.39. The van der Waals surface area contributed by atoms with E-state index >= 15 is 0 Å². The number of amides is 1. The molecule has 0 radical (unpaired) electrons. The van der Waals surface area contributed by atoms with Crippen molar-refractivity contribution in [2.45, 2.75) is 50.7 Å². The van der Waals surface area contributed by atoms with Gasteiger partial charge in [-0.25, -0.2) is 0 Å². The van der Waals surface area contributed by atoms with Crippen LogP contribution in [0.4, 0.5) is 0 Å². The maximum Gasteiger partial charge on any atom is 0.222 e. The summed E-state index contributed by atoms with van der Waals surface area (Å²) >= 11 is 0. The molecular formula is C12H21NO3. The monoisotopic (exact) mass is 227 g/mol. The van der Waals surface area contributed by atoms with Crippen LogP contribution in [0.1, 0.15) is 38.5 Å². The lowest BCUT2D eigenvalue weighted by atomic mass is 10.0. The van der Waals surface area contributed by atoms with Crippen molar-refractivity contribution in [3.63, 3.8) is 0 Å². The fourth-order valence-corrected chi connectivity index (χ4v) is 2.72. The molecule has 3 atom stereocenters. The van der Waals surface area contributed by atoms with E-state index in [9.17, 15) is 4.79 Å². The Bertz CT molecular complexity index is 238. The number of hydrogen-bond donors (Lipinski definition) is 2. The van der Waals surface area contributed by atoms with E-state index < -0.39 is 0 Å². The van der Waals surface area contributed by atoms with Crippen LogP contribution < -0.4 is 5.32 Å². The molecule has 2 rings (SSSR count). The third kappa shape index (κ3) is 2.95. The first-order chi connectivity index (χ1) is 7.79. The highest BCUT2D eigenvalue weighted by molar-refractivity contribution is 5.76. The standard InChI is InChI=1S/C12H21NO3/c14-8-9-3-1-5-11(9)13-12(15)7-10-4-2-6-16-10/h9-11,14H,1-8H2,(H,13,15). The normalized spacial score (nSPS) is 34.2. The molecule has 92 valence electrons. The van der Waals surface area contributed by atoms with E-state index in [1.165, 1.54) is 0 Å². The number of rotatable bonds is 4. The van der Waals surface area contributed by atoms with Gasteiger partial charge in [0.1, 0.15) is 0 Å². The quantitative estimate of drug-likeness (QED) is 0.748. The number of ether oxygens (including phenoxy) is 1. The predicted molar refractivity (Wildman–Crippen MR) is 59.9 cm³/mol. The first-order valence-electron chi connectivity index (χ1n) is 6.31. The Balaban J connectivity index is 1.73.